The molecule has 1 saturated carbocycles. The maximum atomic E-state index is 12.4. The first kappa shape index (κ1) is 18.9. The van der Waals surface area contributed by atoms with Crippen LogP contribution in [0.2, 0.25) is 0 Å². The number of aromatic nitrogens is 3. The lowest BCUT2D eigenvalue weighted by Crippen LogP contribution is -2.51. The topological polar surface area (TPSA) is 72.7 Å². The van der Waals surface area contributed by atoms with Crippen molar-refractivity contribution in [3.63, 3.8) is 0 Å². The fourth-order valence-corrected chi connectivity index (χ4v) is 4.88. The highest BCUT2D eigenvalue weighted by molar-refractivity contribution is 6.01. The molecule has 4 aliphatic rings. The van der Waals surface area contributed by atoms with Crippen molar-refractivity contribution < 1.29 is 14.3 Å². The van der Waals surface area contributed by atoms with Crippen LogP contribution in [0.1, 0.15) is 29.7 Å². The zero-order valence-corrected chi connectivity index (χ0v) is 17.8. The molecule has 2 aromatic rings. The van der Waals surface area contributed by atoms with E-state index in [9.17, 15) is 4.79 Å². The number of allylic oxidation sites excluding steroid dienone is 2. The van der Waals surface area contributed by atoms with E-state index in [0.29, 0.717) is 32.2 Å². The smallest absolute Gasteiger partial charge is 0.410 e. The van der Waals surface area contributed by atoms with Crippen LogP contribution in [0.25, 0.3) is 11.1 Å². The van der Waals surface area contributed by atoms with Crippen LogP contribution in [0.4, 0.5) is 10.5 Å². The van der Waals surface area contributed by atoms with Crippen molar-refractivity contribution in [2.45, 2.75) is 25.4 Å². The van der Waals surface area contributed by atoms with Crippen LogP contribution in [0.15, 0.2) is 24.7 Å². The van der Waals surface area contributed by atoms with Gasteiger partial charge in [0.2, 0.25) is 0 Å². The molecule has 0 N–H and O–H groups in total. The van der Waals surface area contributed by atoms with Gasteiger partial charge in [0.05, 0.1) is 25.1 Å². The predicted octanol–water partition coefficient (Wildman–Crippen LogP) is 2.35. The van der Waals surface area contributed by atoms with Crippen molar-refractivity contribution in [1.82, 2.24) is 19.7 Å². The van der Waals surface area contributed by atoms with Gasteiger partial charge >= 0.3 is 6.09 Å². The monoisotopic (exact) mass is 421 g/mol. The summed E-state index contributed by atoms with van der Waals surface area (Å²) >= 11 is 0. The molecule has 162 valence electrons. The second kappa shape index (κ2) is 7.37. The molecule has 2 aliphatic carbocycles. The van der Waals surface area contributed by atoms with E-state index in [-0.39, 0.29) is 12.2 Å². The van der Waals surface area contributed by atoms with Gasteiger partial charge in [-0.2, -0.15) is 5.10 Å². The Morgan fingerprint density at radius 3 is 2.65 bits per heavy atom. The maximum absolute atomic E-state index is 12.4. The molecule has 1 amide bonds. The van der Waals surface area contributed by atoms with Gasteiger partial charge in [-0.15, -0.1) is 0 Å². The Labute approximate surface area is 181 Å². The summed E-state index contributed by atoms with van der Waals surface area (Å²) in [5.41, 5.74) is 7.82. The number of hydrogen-bond donors (Lipinski definition) is 0. The minimum atomic E-state index is -0.217. The lowest BCUT2D eigenvalue weighted by Gasteiger charge is -2.37. The SMILES string of the molecule is Cn1cc(C2=C(C3CC3)c3c(N4CCN(C(=O)OC5COC5)CC4)ccnc3C2)cn1. The largest absolute Gasteiger partial charge is 0.441 e. The number of aryl methyl sites for hydroxylation is 1. The number of pyridine rings is 1. The summed E-state index contributed by atoms with van der Waals surface area (Å²) in [6.07, 6.45) is 9.09. The van der Waals surface area contributed by atoms with Crippen molar-refractivity contribution >= 4 is 22.9 Å². The molecule has 0 atom stereocenters. The van der Waals surface area contributed by atoms with Gasteiger partial charge < -0.3 is 19.3 Å². The minimum Gasteiger partial charge on any atom is -0.441 e. The predicted molar refractivity (Wildman–Crippen MR) is 116 cm³/mol. The van der Waals surface area contributed by atoms with Crippen LogP contribution in [0, 0.1) is 5.92 Å². The van der Waals surface area contributed by atoms with E-state index in [2.05, 4.69) is 22.3 Å². The van der Waals surface area contributed by atoms with E-state index in [4.69, 9.17) is 14.5 Å². The van der Waals surface area contributed by atoms with Gasteiger partial charge in [0.1, 0.15) is 0 Å². The zero-order chi connectivity index (χ0) is 20.9. The van der Waals surface area contributed by atoms with Crippen LogP contribution in [0.5, 0.6) is 0 Å². The van der Waals surface area contributed by atoms with Crippen LogP contribution < -0.4 is 4.90 Å². The zero-order valence-electron chi connectivity index (χ0n) is 17.8. The number of rotatable bonds is 4. The van der Waals surface area contributed by atoms with E-state index in [0.717, 1.165) is 19.5 Å². The first-order valence-electron chi connectivity index (χ1n) is 11.2. The quantitative estimate of drug-likeness (QED) is 0.755. The second-order valence-corrected chi connectivity index (χ2v) is 8.92. The molecule has 6 rings (SSSR count). The first-order valence-corrected chi connectivity index (χ1v) is 11.2. The van der Waals surface area contributed by atoms with Crippen molar-refractivity contribution in [3.05, 3.63) is 41.5 Å². The fourth-order valence-electron chi connectivity index (χ4n) is 4.88. The van der Waals surface area contributed by atoms with Gasteiger partial charge in [0.15, 0.2) is 6.10 Å². The third-order valence-corrected chi connectivity index (χ3v) is 6.74. The van der Waals surface area contributed by atoms with Gasteiger partial charge in [-0.05, 0) is 36.0 Å². The van der Waals surface area contributed by atoms with Crippen LogP contribution in [-0.2, 0) is 22.9 Å². The van der Waals surface area contributed by atoms with Crippen LogP contribution in [-0.4, -0.2) is 71.3 Å². The highest BCUT2D eigenvalue weighted by Crippen LogP contribution is 2.53. The number of hydrogen-bond acceptors (Lipinski definition) is 6. The molecule has 0 unspecified atom stereocenters. The number of amides is 1. The Bertz CT molecular complexity index is 1050. The van der Waals surface area contributed by atoms with Crippen LogP contribution >= 0.6 is 0 Å². The minimum absolute atomic E-state index is 0.0777. The normalized spacial score (nSPS) is 21.3. The van der Waals surface area contributed by atoms with Gasteiger partial charge in [-0.25, -0.2) is 4.79 Å². The molecule has 4 heterocycles. The molecule has 0 bridgehead atoms. The Hall–Kier alpha value is -2.87. The molecule has 0 spiro atoms. The molecule has 0 radical (unpaired) electrons. The molecule has 2 saturated heterocycles. The highest BCUT2D eigenvalue weighted by Gasteiger charge is 2.38. The van der Waals surface area contributed by atoms with E-state index < -0.39 is 0 Å². The summed E-state index contributed by atoms with van der Waals surface area (Å²) in [6.45, 7) is 3.97. The van der Waals surface area contributed by atoms with E-state index in [1.165, 1.54) is 46.5 Å². The Morgan fingerprint density at radius 1 is 1.19 bits per heavy atom. The van der Waals surface area contributed by atoms with E-state index in [1.807, 2.05) is 29.0 Å². The molecular formula is C23H27N5O3. The van der Waals surface area contributed by atoms with Gasteiger partial charge in [-0.3, -0.25) is 9.67 Å². The highest BCUT2D eigenvalue weighted by atomic mass is 16.6. The van der Waals surface area contributed by atoms with Crippen molar-refractivity contribution in [3.8, 4) is 0 Å². The Balaban J connectivity index is 1.25. The summed E-state index contributed by atoms with van der Waals surface area (Å²) in [4.78, 5) is 21.4. The third kappa shape index (κ3) is 3.39. The van der Waals surface area contributed by atoms with Gasteiger partial charge in [0, 0.05) is 68.9 Å². The molecular weight excluding hydrogens is 394 g/mol. The standard InChI is InChI=1S/C23H27N5O3/c1-26-12-16(11-25-26)18-10-19-22(21(18)15-2-3-15)20(4-5-24-19)27-6-8-28(9-7-27)23(29)31-17-13-30-14-17/h4-5,11-12,15,17H,2-3,6-10,13-14H2,1H3. The molecule has 8 heteroatoms. The van der Waals surface area contributed by atoms with Crippen LogP contribution in [0.3, 0.4) is 0 Å². The van der Waals surface area contributed by atoms with Crippen molar-refractivity contribution in [2.24, 2.45) is 13.0 Å². The Morgan fingerprint density at radius 2 is 2.00 bits per heavy atom. The summed E-state index contributed by atoms with van der Waals surface area (Å²) in [5.74, 6) is 0.625. The first-order chi connectivity index (χ1) is 15.2. The summed E-state index contributed by atoms with van der Waals surface area (Å²) < 4.78 is 12.5. The number of carbonyl (C=O) groups is 1. The Kier molecular flexibility index (Phi) is 4.49. The average molecular weight is 422 g/mol. The fraction of sp³-hybridized carbons (Fsp3) is 0.522. The van der Waals surface area contributed by atoms with Gasteiger partial charge in [-0.1, -0.05) is 0 Å². The number of anilines is 1. The summed E-state index contributed by atoms with van der Waals surface area (Å²) in [5, 5.41) is 4.40. The second-order valence-electron chi connectivity index (χ2n) is 8.92. The lowest BCUT2D eigenvalue weighted by atomic mass is 9.97. The number of piperazine rings is 1. The molecule has 31 heavy (non-hydrogen) atoms. The third-order valence-electron chi connectivity index (χ3n) is 6.74. The molecule has 3 fully saturated rings. The summed E-state index contributed by atoms with van der Waals surface area (Å²) in [7, 11) is 1.97. The van der Waals surface area contributed by atoms with E-state index >= 15 is 0 Å². The average Bonchev–Trinajstić information content (AvgIpc) is 3.38. The lowest BCUT2D eigenvalue weighted by molar-refractivity contribution is -0.104. The maximum Gasteiger partial charge on any atom is 0.410 e. The number of ether oxygens (including phenoxy) is 2. The van der Waals surface area contributed by atoms with Crippen molar-refractivity contribution in [1.29, 1.82) is 0 Å². The summed E-state index contributed by atoms with van der Waals surface area (Å²) in [6, 6.07) is 2.15. The van der Waals surface area contributed by atoms with Crippen molar-refractivity contribution in [2.75, 3.05) is 44.3 Å². The molecule has 2 aliphatic heterocycles. The molecule has 2 aromatic heterocycles. The number of carbonyl (C=O) groups excluding carboxylic acids is 1. The van der Waals surface area contributed by atoms with E-state index in [1.54, 1.807) is 0 Å². The number of nitrogens with zero attached hydrogens (tertiary/aromatic N) is 5. The number of fused-ring (bicyclic) bond motifs is 1. The molecule has 8 nitrogen and oxygen atoms in total. The molecule has 0 aromatic carbocycles. The van der Waals surface area contributed by atoms with Gasteiger partial charge in [0.25, 0.3) is 0 Å².